The van der Waals surface area contributed by atoms with Crippen LogP contribution < -0.4 is 0 Å². The van der Waals surface area contributed by atoms with Gasteiger partial charge in [0.1, 0.15) is 0 Å². The van der Waals surface area contributed by atoms with Crippen LogP contribution in [-0.2, 0) is 9.47 Å². The molecule has 1 aromatic carbocycles. The van der Waals surface area contributed by atoms with Gasteiger partial charge in [0.25, 0.3) is 0 Å². The highest BCUT2D eigenvalue weighted by atomic mass is 35.5. The van der Waals surface area contributed by atoms with Crippen LogP contribution in [0.4, 0.5) is 0 Å². The molecule has 0 bridgehead atoms. The number of rotatable bonds is 4. The summed E-state index contributed by atoms with van der Waals surface area (Å²) in [7, 11) is 0. The van der Waals surface area contributed by atoms with E-state index in [2.05, 4.69) is 0 Å². The Bertz CT molecular complexity index is 334. The van der Waals surface area contributed by atoms with Crippen LogP contribution in [0.2, 0.25) is 10.0 Å². The Hall–Kier alpha value is 0.0700. The van der Waals surface area contributed by atoms with Crippen molar-refractivity contribution in [2.75, 3.05) is 19.0 Å². The van der Waals surface area contributed by atoms with E-state index in [0.29, 0.717) is 23.3 Å². The molecule has 0 atom stereocenters. The first-order chi connectivity index (χ1) is 7.74. The lowest BCUT2D eigenvalue weighted by molar-refractivity contribution is -0.0421. The average Bonchev–Trinajstić information content (AvgIpc) is 2.69. The monoisotopic (exact) mass is 278 g/mol. The molecule has 88 valence electrons. The van der Waals surface area contributed by atoms with Crippen LogP contribution in [0.1, 0.15) is 6.42 Å². The standard InChI is InChI=1S/C11H12Cl2O2S/c12-8-5-9(13)7-10(6-8)16-4-1-11-14-2-3-15-11/h5-7,11H,1-4H2. The molecule has 0 saturated carbocycles. The summed E-state index contributed by atoms with van der Waals surface area (Å²) in [4.78, 5) is 1.08. The lowest BCUT2D eigenvalue weighted by Crippen LogP contribution is -2.08. The molecule has 0 aliphatic carbocycles. The highest BCUT2D eigenvalue weighted by molar-refractivity contribution is 7.99. The average molecular weight is 279 g/mol. The first kappa shape index (κ1) is 12.5. The van der Waals surface area contributed by atoms with E-state index >= 15 is 0 Å². The Morgan fingerprint density at radius 1 is 1.12 bits per heavy atom. The molecule has 16 heavy (non-hydrogen) atoms. The van der Waals surface area contributed by atoms with Crippen molar-refractivity contribution >= 4 is 35.0 Å². The number of thioether (sulfide) groups is 1. The predicted molar refractivity (Wildman–Crippen MR) is 67.5 cm³/mol. The van der Waals surface area contributed by atoms with E-state index in [1.54, 1.807) is 17.8 Å². The first-order valence-electron chi connectivity index (χ1n) is 5.06. The molecule has 5 heteroatoms. The van der Waals surface area contributed by atoms with Crippen molar-refractivity contribution < 1.29 is 9.47 Å². The summed E-state index contributed by atoms with van der Waals surface area (Å²) >= 11 is 13.5. The topological polar surface area (TPSA) is 18.5 Å². The molecule has 0 spiro atoms. The summed E-state index contributed by atoms with van der Waals surface area (Å²) in [5.41, 5.74) is 0. The smallest absolute Gasteiger partial charge is 0.158 e. The number of hydrogen-bond acceptors (Lipinski definition) is 3. The highest BCUT2D eigenvalue weighted by Gasteiger charge is 2.15. The third-order valence-electron chi connectivity index (χ3n) is 2.15. The van der Waals surface area contributed by atoms with Gasteiger partial charge in [0, 0.05) is 27.1 Å². The van der Waals surface area contributed by atoms with E-state index in [0.717, 1.165) is 17.1 Å². The summed E-state index contributed by atoms with van der Waals surface area (Å²) in [6.07, 6.45) is 0.844. The zero-order chi connectivity index (χ0) is 11.4. The minimum absolute atomic E-state index is 0.0397. The van der Waals surface area contributed by atoms with E-state index in [-0.39, 0.29) is 6.29 Å². The van der Waals surface area contributed by atoms with Crippen molar-refractivity contribution in [3.05, 3.63) is 28.2 Å². The van der Waals surface area contributed by atoms with Crippen LogP contribution in [0, 0.1) is 0 Å². The molecule has 2 nitrogen and oxygen atoms in total. The number of ether oxygens (including phenoxy) is 2. The second kappa shape index (κ2) is 6.12. The van der Waals surface area contributed by atoms with E-state index in [1.807, 2.05) is 12.1 Å². The van der Waals surface area contributed by atoms with Crippen molar-refractivity contribution in [2.45, 2.75) is 17.6 Å². The minimum atomic E-state index is -0.0397. The van der Waals surface area contributed by atoms with Crippen LogP contribution in [0.5, 0.6) is 0 Å². The quantitative estimate of drug-likeness (QED) is 0.780. The van der Waals surface area contributed by atoms with Crippen molar-refractivity contribution in [2.24, 2.45) is 0 Å². The molecule has 1 heterocycles. The van der Waals surface area contributed by atoms with Crippen LogP contribution in [-0.4, -0.2) is 25.3 Å². The number of benzene rings is 1. The van der Waals surface area contributed by atoms with E-state index in [4.69, 9.17) is 32.7 Å². The number of hydrogen-bond donors (Lipinski definition) is 0. The van der Waals surface area contributed by atoms with Crippen molar-refractivity contribution in [3.8, 4) is 0 Å². The summed E-state index contributed by atoms with van der Waals surface area (Å²) in [5, 5.41) is 1.34. The van der Waals surface area contributed by atoms with Gasteiger partial charge in [-0.15, -0.1) is 11.8 Å². The molecular weight excluding hydrogens is 267 g/mol. The predicted octanol–water partition coefficient (Wildman–Crippen LogP) is 3.85. The molecule has 1 saturated heterocycles. The second-order valence-electron chi connectivity index (χ2n) is 3.41. The first-order valence-corrected chi connectivity index (χ1v) is 6.80. The van der Waals surface area contributed by atoms with Gasteiger partial charge in [0.2, 0.25) is 0 Å². The van der Waals surface area contributed by atoms with Crippen molar-refractivity contribution in [1.82, 2.24) is 0 Å². The zero-order valence-electron chi connectivity index (χ0n) is 8.62. The van der Waals surface area contributed by atoms with Crippen molar-refractivity contribution in [1.29, 1.82) is 0 Å². The Morgan fingerprint density at radius 3 is 2.38 bits per heavy atom. The van der Waals surface area contributed by atoms with Crippen molar-refractivity contribution in [3.63, 3.8) is 0 Å². The van der Waals surface area contributed by atoms with Crippen LogP contribution in [0.3, 0.4) is 0 Å². The zero-order valence-corrected chi connectivity index (χ0v) is 10.9. The van der Waals surface area contributed by atoms with Gasteiger partial charge in [-0.25, -0.2) is 0 Å². The summed E-state index contributed by atoms with van der Waals surface area (Å²) in [5.74, 6) is 0.932. The molecule has 2 rings (SSSR count). The molecule has 0 N–H and O–H groups in total. The highest BCUT2D eigenvalue weighted by Crippen LogP contribution is 2.27. The third kappa shape index (κ3) is 3.82. The Kier molecular flexibility index (Phi) is 4.79. The molecule has 1 fully saturated rings. The minimum Gasteiger partial charge on any atom is -0.350 e. The summed E-state index contributed by atoms with van der Waals surface area (Å²) in [6.45, 7) is 1.41. The normalized spacial score (nSPS) is 16.9. The molecular formula is C11H12Cl2O2S. The fourth-order valence-corrected chi connectivity index (χ4v) is 3.08. The van der Waals surface area contributed by atoms with E-state index in [1.165, 1.54) is 0 Å². The molecule has 0 amide bonds. The molecule has 1 aliphatic heterocycles. The fraction of sp³-hybridized carbons (Fsp3) is 0.455. The lowest BCUT2D eigenvalue weighted by atomic mass is 10.4. The second-order valence-corrected chi connectivity index (χ2v) is 5.45. The van der Waals surface area contributed by atoms with Crippen LogP contribution >= 0.6 is 35.0 Å². The molecule has 0 radical (unpaired) electrons. The van der Waals surface area contributed by atoms with E-state index < -0.39 is 0 Å². The van der Waals surface area contributed by atoms with Gasteiger partial charge >= 0.3 is 0 Å². The van der Waals surface area contributed by atoms with Gasteiger partial charge in [0.05, 0.1) is 13.2 Å². The Balaban J connectivity index is 1.80. The molecule has 1 aromatic rings. The van der Waals surface area contributed by atoms with Crippen LogP contribution in [0.15, 0.2) is 23.1 Å². The number of halogens is 2. The maximum Gasteiger partial charge on any atom is 0.158 e. The van der Waals surface area contributed by atoms with Gasteiger partial charge in [-0.2, -0.15) is 0 Å². The van der Waals surface area contributed by atoms with Gasteiger partial charge in [0.15, 0.2) is 6.29 Å². The maximum atomic E-state index is 5.91. The molecule has 0 aromatic heterocycles. The van der Waals surface area contributed by atoms with Gasteiger partial charge in [-0.05, 0) is 18.2 Å². The SMILES string of the molecule is Clc1cc(Cl)cc(SCCC2OCCO2)c1. The molecule has 1 aliphatic rings. The Morgan fingerprint density at radius 2 is 1.75 bits per heavy atom. The maximum absolute atomic E-state index is 5.91. The largest absolute Gasteiger partial charge is 0.350 e. The van der Waals surface area contributed by atoms with Crippen LogP contribution in [0.25, 0.3) is 0 Å². The lowest BCUT2D eigenvalue weighted by Gasteiger charge is -2.08. The van der Waals surface area contributed by atoms with Gasteiger partial charge < -0.3 is 9.47 Å². The fourth-order valence-electron chi connectivity index (χ4n) is 1.46. The third-order valence-corrected chi connectivity index (χ3v) is 3.59. The summed E-state index contributed by atoms with van der Waals surface area (Å²) < 4.78 is 10.7. The molecule has 0 unspecified atom stereocenters. The van der Waals surface area contributed by atoms with Gasteiger partial charge in [-0.3, -0.25) is 0 Å². The van der Waals surface area contributed by atoms with Gasteiger partial charge in [-0.1, -0.05) is 23.2 Å². The van der Waals surface area contributed by atoms with E-state index in [9.17, 15) is 0 Å². The summed E-state index contributed by atoms with van der Waals surface area (Å²) in [6, 6.07) is 5.55. The Labute approximate surface area is 109 Å².